The minimum absolute atomic E-state index is 0.0712. The van der Waals surface area contributed by atoms with Gasteiger partial charge in [0.15, 0.2) is 0 Å². The first-order valence-electron chi connectivity index (χ1n) is 11.9. The maximum atomic E-state index is 10.1. The number of ether oxygens (including phenoxy) is 1. The van der Waals surface area contributed by atoms with E-state index in [1.165, 1.54) is 17.6 Å². The fraction of sp³-hybridized carbons (Fsp3) is 0.556. The van der Waals surface area contributed by atoms with Crippen molar-refractivity contribution >= 4 is 17.5 Å². The molecule has 5 nitrogen and oxygen atoms in total. The summed E-state index contributed by atoms with van der Waals surface area (Å²) in [4.78, 5) is 0. The number of nitrogens with zero attached hydrogens (tertiary/aromatic N) is 2. The molecule has 0 radical (unpaired) electrons. The summed E-state index contributed by atoms with van der Waals surface area (Å²) in [5.41, 5.74) is 5.61. The van der Waals surface area contributed by atoms with Crippen LogP contribution in [-0.2, 0) is 0 Å². The predicted molar refractivity (Wildman–Crippen MR) is 127 cm³/mol. The van der Waals surface area contributed by atoms with E-state index in [1.807, 2.05) is 12.1 Å². The Morgan fingerprint density at radius 2 is 1.75 bits per heavy atom. The molecule has 1 aromatic rings. The van der Waals surface area contributed by atoms with E-state index in [0.29, 0.717) is 17.8 Å². The van der Waals surface area contributed by atoms with Crippen LogP contribution < -0.4 is 4.74 Å². The molecule has 5 atom stereocenters. The van der Waals surface area contributed by atoms with Crippen molar-refractivity contribution in [2.75, 3.05) is 7.11 Å². The minimum atomic E-state index is -0.0712. The zero-order chi connectivity index (χ0) is 22.5. The lowest BCUT2D eigenvalue weighted by molar-refractivity contribution is -0.0151. The van der Waals surface area contributed by atoms with Crippen molar-refractivity contribution in [3.63, 3.8) is 0 Å². The Morgan fingerprint density at radius 1 is 0.969 bits per heavy atom. The number of methoxy groups -OCH3 is 1. The molecule has 1 aromatic carbocycles. The van der Waals surface area contributed by atoms with Crippen molar-refractivity contribution in [2.24, 2.45) is 38.9 Å². The summed E-state index contributed by atoms with van der Waals surface area (Å²) < 4.78 is 5.29. The van der Waals surface area contributed by atoms with Gasteiger partial charge in [-0.2, -0.15) is 0 Å². The number of oxime groups is 2. The molecule has 0 bridgehead atoms. The molecule has 32 heavy (non-hydrogen) atoms. The summed E-state index contributed by atoms with van der Waals surface area (Å²) in [5, 5.41) is 26.7. The molecule has 0 spiro atoms. The van der Waals surface area contributed by atoms with Crippen LogP contribution in [0.25, 0.3) is 6.08 Å². The summed E-state index contributed by atoms with van der Waals surface area (Å²) in [6.07, 6.45) is 11.7. The van der Waals surface area contributed by atoms with Gasteiger partial charge in [-0.3, -0.25) is 0 Å². The molecule has 4 aliphatic rings. The number of allylic oxidation sites excluding steroid dienone is 3. The molecule has 3 saturated carbocycles. The van der Waals surface area contributed by atoms with Crippen molar-refractivity contribution < 1.29 is 15.2 Å². The van der Waals surface area contributed by atoms with Gasteiger partial charge in [-0.25, -0.2) is 0 Å². The highest BCUT2D eigenvalue weighted by Crippen LogP contribution is 2.65. The lowest BCUT2D eigenvalue weighted by atomic mass is 9.47. The molecule has 0 heterocycles. The van der Waals surface area contributed by atoms with E-state index in [-0.39, 0.29) is 10.8 Å². The van der Waals surface area contributed by atoms with Crippen LogP contribution in [-0.4, -0.2) is 28.9 Å². The van der Waals surface area contributed by atoms with Gasteiger partial charge in [-0.15, -0.1) is 0 Å². The molecule has 0 unspecified atom stereocenters. The number of benzene rings is 1. The summed E-state index contributed by atoms with van der Waals surface area (Å²) in [6, 6.07) is 8.08. The van der Waals surface area contributed by atoms with Gasteiger partial charge in [-0.05, 0) is 104 Å². The zero-order valence-corrected chi connectivity index (χ0v) is 19.3. The molecule has 0 saturated heterocycles. The van der Waals surface area contributed by atoms with Crippen LogP contribution >= 0.6 is 0 Å². The van der Waals surface area contributed by atoms with Gasteiger partial charge in [-0.1, -0.05) is 41.9 Å². The first kappa shape index (κ1) is 21.3. The predicted octanol–water partition coefficient (Wildman–Crippen LogP) is 6.31. The second-order valence-electron chi connectivity index (χ2n) is 10.6. The number of rotatable bonds is 2. The molecule has 0 aliphatic heterocycles. The number of hydrogen-bond donors (Lipinski definition) is 2. The zero-order valence-electron chi connectivity index (χ0n) is 19.3. The fourth-order valence-electron chi connectivity index (χ4n) is 7.55. The molecule has 2 N–H and O–H groups in total. The highest BCUT2D eigenvalue weighted by atomic mass is 16.5. The van der Waals surface area contributed by atoms with E-state index in [0.717, 1.165) is 61.3 Å². The van der Waals surface area contributed by atoms with Gasteiger partial charge in [0.2, 0.25) is 0 Å². The van der Waals surface area contributed by atoms with E-state index in [2.05, 4.69) is 48.4 Å². The smallest absolute Gasteiger partial charge is 0.118 e. The summed E-state index contributed by atoms with van der Waals surface area (Å²) in [6.45, 7) is 4.76. The van der Waals surface area contributed by atoms with Crippen LogP contribution in [0.1, 0.15) is 64.4 Å². The largest absolute Gasteiger partial charge is 0.497 e. The van der Waals surface area contributed by atoms with E-state index in [9.17, 15) is 10.4 Å². The third-order valence-corrected chi connectivity index (χ3v) is 9.34. The van der Waals surface area contributed by atoms with Crippen LogP contribution in [0.3, 0.4) is 0 Å². The van der Waals surface area contributed by atoms with Crippen LogP contribution in [0.2, 0.25) is 0 Å². The molecule has 0 amide bonds. The second-order valence-corrected chi connectivity index (χ2v) is 10.6. The maximum absolute atomic E-state index is 10.1. The summed E-state index contributed by atoms with van der Waals surface area (Å²) in [5.74, 6) is 2.62. The highest BCUT2D eigenvalue weighted by Gasteiger charge is 2.59. The first-order valence-corrected chi connectivity index (χ1v) is 11.9. The minimum Gasteiger partial charge on any atom is -0.497 e. The first-order chi connectivity index (χ1) is 15.4. The molecular formula is C27H34N2O3. The van der Waals surface area contributed by atoms with Crippen LogP contribution in [0.4, 0.5) is 0 Å². The molecule has 5 heteroatoms. The molecule has 4 aliphatic carbocycles. The van der Waals surface area contributed by atoms with E-state index >= 15 is 0 Å². The van der Waals surface area contributed by atoms with Crippen molar-refractivity contribution in [3.8, 4) is 5.75 Å². The van der Waals surface area contributed by atoms with Crippen molar-refractivity contribution in [2.45, 2.75) is 58.8 Å². The third kappa shape index (κ3) is 3.12. The Labute approximate surface area is 190 Å². The van der Waals surface area contributed by atoms with E-state index < -0.39 is 0 Å². The lowest BCUT2D eigenvalue weighted by Crippen LogP contribution is -2.50. The van der Waals surface area contributed by atoms with Crippen LogP contribution in [0.15, 0.2) is 51.8 Å². The van der Waals surface area contributed by atoms with Crippen molar-refractivity contribution in [3.05, 3.63) is 47.1 Å². The molecule has 0 aromatic heterocycles. The Morgan fingerprint density at radius 3 is 2.44 bits per heavy atom. The van der Waals surface area contributed by atoms with Gasteiger partial charge in [0.25, 0.3) is 0 Å². The molecule has 170 valence electrons. The highest BCUT2D eigenvalue weighted by molar-refractivity contribution is 6.09. The Balaban J connectivity index is 1.47. The van der Waals surface area contributed by atoms with E-state index in [4.69, 9.17) is 4.74 Å². The Hall–Kier alpha value is -2.56. The van der Waals surface area contributed by atoms with Gasteiger partial charge in [0, 0.05) is 5.41 Å². The van der Waals surface area contributed by atoms with Crippen LogP contribution in [0, 0.1) is 28.6 Å². The van der Waals surface area contributed by atoms with Crippen LogP contribution in [0.5, 0.6) is 5.75 Å². The third-order valence-electron chi connectivity index (χ3n) is 9.34. The normalized spacial score (nSPS) is 40.0. The molecule has 5 rings (SSSR count). The Bertz CT molecular complexity index is 1020. The Kier molecular flexibility index (Phi) is 5.18. The summed E-state index contributed by atoms with van der Waals surface area (Å²) >= 11 is 0. The van der Waals surface area contributed by atoms with E-state index in [1.54, 1.807) is 7.11 Å². The topological polar surface area (TPSA) is 74.4 Å². The maximum Gasteiger partial charge on any atom is 0.118 e. The summed E-state index contributed by atoms with van der Waals surface area (Å²) in [7, 11) is 1.68. The molecule has 3 fully saturated rings. The average Bonchev–Trinajstić information content (AvgIpc) is 3.10. The SMILES string of the molecule is COc1ccc(C=C2C[C@H]3[C@@H]4CCC5=CC(=NO)CC[C@]5(C)[C@H]4CC[C@]3(C)C2=NO)cc1. The fourth-order valence-corrected chi connectivity index (χ4v) is 7.55. The monoisotopic (exact) mass is 434 g/mol. The van der Waals surface area contributed by atoms with Crippen molar-refractivity contribution in [1.29, 1.82) is 0 Å². The molecular weight excluding hydrogens is 400 g/mol. The standard InChI is InChI=1S/C27H34N2O3/c1-26-12-10-20(28-30)16-19(26)6-9-22-23(26)11-13-27(2)24(22)15-18(25(27)29-31)14-17-4-7-21(32-3)8-5-17/h4-5,7-8,14,16,22-24,30-31H,6,9-13,15H2,1-3H3/t22-,23+,24+,26+,27+/m1/s1. The second kappa shape index (κ2) is 7.79. The van der Waals surface area contributed by atoms with Crippen molar-refractivity contribution in [1.82, 2.24) is 0 Å². The number of hydrogen-bond acceptors (Lipinski definition) is 5. The average molecular weight is 435 g/mol. The lowest BCUT2D eigenvalue weighted by Gasteiger charge is -2.57. The van der Waals surface area contributed by atoms with Gasteiger partial charge < -0.3 is 15.2 Å². The van der Waals surface area contributed by atoms with Gasteiger partial charge in [0.05, 0.1) is 18.5 Å². The van der Waals surface area contributed by atoms with Gasteiger partial charge in [0.1, 0.15) is 5.75 Å². The van der Waals surface area contributed by atoms with Gasteiger partial charge >= 0.3 is 0 Å². The quantitative estimate of drug-likeness (QED) is 0.423. The number of fused-ring (bicyclic) bond motifs is 5.